The monoisotopic (exact) mass is 279 g/mol. The van der Waals surface area contributed by atoms with E-state index in [2.05, 4.69) is 15.0 Å². The highest BCUT2D eigenvalue weighted by Gasteiger charge is 2.18. The molecule has 0 saturated heterocycles. The van der Waals surface area contributed by atoms with Crippen LogP contribution in [0.15, 0.2) is 24.5 Å². The second-order valence-electron chi connectivity index (χ2n) is 3.56. The lowest BCUT2D eigenvalue weighted by atomic mass is 10.3. The predicted octanol–water partition coefficient (Wildman–Crippen LogP) is 3.04. The summed E-state index contributed by atoms with van der Waals surface area (Å²) in [6, 6.07) is 5.38. The molecular formula is C11H6ClN3O2S. The summed E-state index contributed by atoms with van der Waals surface area (Å²) in [5, 5.41) is 10.2. The Morgan fingerprint density at radius 2 is 2.28 bits per heavy atom. The summed E-state index contributed by atoms with van der Waals surface area (Å²) in [6.07, 6.45) is 1.35. The van der Waals surface area contributed by atoms with Crippen LogP contribution in [0, 0.1) is 0 Å². The van der Waals surface area contributed by atoms with Gasteiger partial charge in [0.2, 0.25) is 0 Å². The van der Waals surface area contributed by atoms with Gasteiger partial charge in [-0.3, -0.25) is 0 Å². The molecule has 0 aliphatic rings. The van der Waals surface area contributed by atoms with E-state index in [1.165, 1.54) is 17.7 Å². The van der Waals surface area contributed by atoms with E-state index < -0.39 is 5.97 Å². The maximum Gasteiger partial charge on any atom is 0.356 e. The van der Waals surface area contributed by atoms with Crippen LogP contribution in [0.1, 0.15) is 10.5 Å². The van der Waals surface area contributed by atoms with Crippen molar-refractivity contribution >= 4 is 39.1 Å². The van der Waals surface area contributed by atoms with Crippen LogP contribution in [0.4, 0.5) is 0 Å². The highest BCUT2D eigenvalue weighted by atomic mass is 35.5. The van der Waals surface area contributed by atoms with Crippen LogP contribution in [0.25, 0.3) is 20.9 Å². The van der Waals surface area contributed by atoms with Crippen molar-refractivity contribution in [3.05, 3.63) is 35.2 Å². The molecule has 0 spiro atoms. The zero-order chi connectivity index (χ0) is 12.7. The number of nitrogens with one attached hydrogen (secondary N) is 1. The first-order chi connectivity index (χ1) is 8.65. The van der Waals surface area contributed by atoms with E-state index in [4.69, 9.17) is 16.7 Å². The van der Waals surface area contributed by atoms with Crippen LogP contribution >= 0.6 is 22.9 Å². The van der Waals surface area contributed by atoms with Crippen molar-refractivity contribution in [2.24, 2.45) is 0 Å². The van der Waals surface area contributed by atoms with Gasteiger partial charge in [-0.05, 0) is 18.2 Å². The van der Waals surface area contributed by atoms with Gasteiger partial charge in [-0.25, -0.2) is 14.8 Å². The standard InChI is InChI=1S/C11H6ClN3O2S/c12-5-1-2-7-6(3-5)15-10(18-7)8-9(11(16)17)14-4-13-8/h1-4H,(H,13,14)(H,16,17). The molecule has 7 heteroatoms. The SMILES string of the molecule is O=C(O)c1nc[nH]c1-c1nc2cc(Cl)ccc2s1. The molecule has 0 fully saturated rings. The van der Waals surface area contributed by atoms with Crippen LogP contribution in [-0.4, -0.2) is 26.0 Å². The molecule has 5 nitrogen and oxygen atoms in total. The van der Waals surface area contributed by atoms with Gasteiger partial charge in [0.1, 0.15) is 10.7 Å². The summed E-state index contributed by atoms with van der Waals surface area (Å²) in [4.78, 5) is 21.9. The molecule has 90 valence electrons. The smallest absolute Gasteiger partial charge is 0.356 e. The minimum atomic E-state index is -1.08. The number of aromatic amines is 1. The number of thiazole rings is 1. The second-order valence-corrected chi connectivity index (χ2v) is 5.03. The van der Waals surface area contributed by atoms with Crippen molar-refractivity contribution in [2.45, 2.75) is 0 Å². The summed E-state index contributed by atoms with van der Waals surface area (Å²) in [7, 11) is 0. The lowest BCUT2D eigenvalue weighted by Crippen LogP contribution is -1.98. The van der Waals surface area contributed by atoms with Crippen LogP contribution in [0.5, 0.6) is 0 Å². The third-order valence-electron chi connectivity index (χ3n) is 2.41. The van der Waals surface area contributed by atoms with Crippen molar-refractivity contribution in [3.8, 4) is 10.7 Å². The minimum Gasteiger partial charge on any atom is -0.476 e. The average Bonchev–Trinajstić information content (AvgIpc) is 2.93. The average molecular weight is 280 g/mol. The van der Waals surface area contributed by atoms with Crippen molar-refractivity contribution < 1.29 is 9.90 Å². The molecule has 2 N–H and O–H groups in total. The summed E-state index contributed by atoms with van der Waals surface area (Å²) < 4.78 is 0.945. The highest BCUT2D eigenvalue weighted by molar-refractivity contribution is 7.21. The summed E-state index contributed by atoms with van der Waals surface area (Å²) in [5.74, 6) is -1.08. The van der Waals surface area contributed by atoms with Gasteiger partial charge < -0.3 is 10.1 Å². The molecule has 2 heterocycles. The van der Waals surface area contributed by atoms with E-state index in [9.17, 15) is 4.79 Å². The summed E-state index contributed by atoms with van der Waals surface area (Å²) >= 11 is 7.28. The van der Waals surface area contributed by atoms with Crippen molar-refractivity contribution in [2.75, 3.05) is 0 Å². The molecule has 0 aliphatic carbocycles. The number of imidazole rings is 1. The fourth-order valence-electron chi connectivity index (χ4n) is 1.63. The lowest BCUT2D eigenvalue weighted by molar-refractivity contribution is 0.0692. The van der Waals surface area contributed by atoms with Crippen LogP contribution in [0.2, 0.25) is 5.02 Å². The van der Waals surface area contributed by atoms with E-state index in [1.54, 1.807) is 12.1 Å². The highest BCUT2D eigenvalue weighted by Crippen LogP contribution is 2.31. The number of nitrogens with zero attached hydrogens (tertiary/aromatic N) is 2. The maximum absolute atomic E-state index is 11.0. The Labute approximate surface area is 110 Å². The number of fused-ring (bicyclic) bond motifs is 1. The number of carboxylic acid groups (broad SMARTS) is 1. The second kappa shape index (κ2) is 4.08. The Bertz CT molecular complexity index is 750. The van der Waals surface area contributed by atoms with E-state index in [0.29, 0.717) is 15.7 Å². The van der Waals surface area contributed by atoms with Gasteiger partial charge in [0.25, 0.3) is 0 Å². The number of H-pyrrole nitrogens is 1. The maximum atomic E-state index is 11.0. The van der Waals surface area contributed by atoms with Gasteiger partial charge >= 0.3 is 5.97 Å². The number of hydrogen-bond donors (Lipinski definition) is 2. The topological polar surface area (TPSA) is 78.9 Å². The molecule has 3 rings (SSSR count). The van der Waals surface area contributed by atoms with Gasteiger partial charge in [-0.1, -0.05) is 11.6 Å². The van der Waals surface area contributed by atoms with Crippen LogP contribution in [0.3, 0.4) is 0 Å². The summed E-state index contributed by atoms with van der Waals surface area (Å²) in [5.41, 5.74) is 1.13. The van der Waals surface area contributed by atoms with E-state index in [0.717, 1.165) is 10.2 Å². The molecule has 3 aromatic rings. The number of aromatic nitrogens is 3. The van der Waals surface area contributed by atoms with Gasteiger partial charge in [0, 0.05) is 5.02 Å². The quantitative estimate of drug-likeness (QED) is 0.756. The van der Waals surface area contributed by atoms with Crippen molar-refractivity contribution in [1.82, 2.24) is 15.0 Å². The molecule has 0 radical (unpaired) electrons. The molecule has 1 aromatic carbocycles. The molecular weight excluding hydrogens is 274 g/mol. The first-order valence-electron chi connectivity index (χ1n) is 4.98. The summed E-state index contributed by atoms with van der Waals surface area (Å²) in [6.45, 7) is 0. The number of halogens is 1. The number of benzene rings is 1. The molecule has 0 unspecified atom stereocenters. The fourth-order valence-corrected chi connectivity index (χ4v) is 2.75. The molecule has 0 amide bonds. The zero-order valence-corrected chi connectivity index (χ0v) is 10.4. The predicted molar refractivity (Wildman–Crippen MR) is 69.2 cm³/mol. The Morgan fingerprint density at radius 1 is 1.44 bits per heavy atom. The molecule has 0 atom stereocenters. The Kier molecular flexibility index (Phi) is 2.53. The third kappa shape index (κ3) is 1.75. The van der Waals surface area contributed by atoms with Gasteiger partial charge in [-0.2, -0.15) is 0 Å². The molecule has 2 aromatic heterocycles. The van der Waals surface area contributed by atoms with Gasteiger partial charge in [0.05, 0.1) is 16.5 Å². The first kappa shape index (κ1) is 11.2. The van der Waals surface area contributed by atoms with Gasteiger partial charge in [-0.15, -0.1) is 11.3 Å². The Hall–Kier alpha value is -1.92. The number of carboxylic acids is 1. The molecule has 18 heavy (non-hydrogen) atoms. The van der Waals surface area contributed by atoms with Crippen LogP contribution < -0.4 is 0 Å². The van der Waals surface area contributed by atoms with Crippen molar-refractivity contribution in [3.63, 3.8) is 0 Å². The van der Waals surface area contributed by atoms with Crippen molar-refractivity contribution in [1.29, 1.82) is 0 Å². The Morgan fingerprint density at radius 3 is 3.06 bits per heavy atom. The van der Waals surface area contributed by atoms with Gasteiger partial charge in [0.15, 0.2) is 5.69 Å². The normalized spacial score (nSPS) is 10.9. The zero-order valence-electron chi connectivity index (χ0n) is 8.85. The van der Waals surface area contributed by atoms with E-state index >= 15 is 0 Å². The third-order valence-corrected chi connectivity index (χ3v) is 3.69. The minimum absolute atomic E-state index is 0.0276. The number of carbonyl (C=O) groups is 1. The van der Waals surface area contributed by atoms with E-state index in [1.807, 2.05) is 6.07 Å². The lowest BCUT2D eigenvalue weighted by Gasteiger charge is -1.92. The van der Waals surface area contributed by atoms with E-state index in [-0.39, 0.29) is 5.69 Å². The number of aromatic carboxylic acids is 1. The largest absolute Gasteiger partial charge is 0.476 e. The van der Waals surface area contributed by atoms with Crippen LogP contribution in [-0.2, 0) is 0 Å². The molecule has 0 aliphatic heterocycles. The first-order valence-corrected chi connectivity index (χ1v) is 6.18. The molecule has 0 bridgehead atoms. The molecule has 0 saturated carbocycles. The number of hydrogen-bond acceptors (Lipinski definition) is 4. The number of rotatable bonds is 2. The fraction of sp³-hybridized carbons (Fsp3) is 0. The Balaban J connectivity index is 2.19.